The third kappa shape index (κ3) is 4.48. The minimum Gasteiger partial charge on any atom is -0.460 e. The summed E-state index contributed by atoms with van der Waals surface area (Å²) in [6.45, 7) is 5.24. The molecule has 1 amide bonds. The molecule has 0 heterocycles. The number of alkyl carbamates (subject to hydrolysis) is 1. The van der Waals surface area contributed by atoms with Crippen LogP contribution in [0.1, 0.15) is 23.6 Å². The van der Waals surface area contributed by atoms with Crippen molar-refractivity contribution in [2.75, 3.05) is 13.2 Å². The van der Waals surface area contributed by atoms with Gasteiger partial charge < -0.3 is 14.8 Å². The molecule has 4 rings (SSSR count). The Morgan fingerprint density at radius 3 is 2.06 bits per heavy atom. The second-order valence-electron chi connectivity index (χ2n) is 7.66. The topological polar surface area (TPSA) is 64.6 Å². The summed E-state index contributed by atoms with van der Waals surface area (Å²) in [5.41, 5.74) is 3.70. The number of hydrogen-bond donors (Lipinski definition) is 1. The van der Waals surface area contributed by atoms with Crippen LogP contribution in [0.15, 0.2) is 87.8 Å². The fraction of sp³-hybridized carbons (Fsp3) is 0.154. The van der Waals surface area contributed by atoms with E-state index in [1.165, 1.54) is 0 Å². The second kappa shape index (κ2) is 9.53. The number of ether oxygens (including phenoxy) is 2. The molecule has 3 aromatic carbocycles. The summed E-state index contributed by atoms with van der Waals surface area (Å²) >= 11 is 7.13. The lowest BCUT2D eigenvalue weighted by Gasteiger charge is -2.32. The molecule has 0 atom stereocenters. The van der Waals surface area contributed by atoms with Crippen molar-refractivity contribution >= 4 is 43.9 Å². The molecule has 0 aromatic heterocycles. The zero-order valence-corrected chi connectivity index (χ0v) is 21.0. The first kappa shape index (κ1) is 23.3. The van der Waals surface area contributed by atoms with Crippen molar-refractivity contribution in [2.45, 2.75) is 12.5 Å². The number of hydrogen-bond acceptors (Lipinski definition) is 4. The largest absolute Gasteiger partial charge is 0.460 e. The predicted molar refractivity (Wildman–Crippen MR) is 134 cm³/mol. The number of esters is 1. The van der Waals surface area contributed by atoms with Crippen molar-refractivity contribution in [1.29, 1.82) is 0 Å². The van der Waals surface area contributed by atoms with Gasteiger partial charge in [-0.15, -0.1) is 0 Å². The molecule has 0 saturated carbocycles. The summed E-state index contributed by atoms with van der Waals surface area (Å²) in [4.78, 5) is 24.6. The van der Waals surface area contributed by atoms with Gasteiger partial charge >= 0.3 is 12.1 Å². The lowest BCUT2D eigenvalue weighted by molar-refractivity contribution is -0.138. The Labute approximate surface area is 209 Å². The number of amides is 1. The van der Waals surface area contributed by atoms with Gasteiger partial charge in [0, 0.05) is 31.2 Å². The Kier molecular flexibility index (Phi) is 6.72. The number of rotatable bonds is 6. The molecule has 168 valence electrons. The Balaban J connectivity index is 1.72. The van der Waals surface area contributed by atoms with E-state index in [4.69, 9.17) is 9.47 Å². The van der Waals surface area contributed by atoms with Gasteiger partial charge in [0.2, 0.25) is 0 Å². The average Bonchev–Trinajstić information content (AvgIpc) is 3.06. The third-order valence-electron chi connectivity index (χ3n) is 5.39. The van der Waals surface area contributed by atoms with Crippen LogP contribution in [0.4, 0.5) is 4.79 Å². The van der Waals surface area contributed by atoms with Gasteiger partial charge in [-0.1, -0.05) is 80.9 Å². The Morgan fingerprint density at radius 1 is 0.939 bits per heavy atom. The molecular formula is C26H21Br2NO4. The highest BCUT2D eigenvalue weighted by Crippen LogP contribution is 2.54. The molecule has 7 heteroatoms. The molecular weight excluding hydrogens is 550 g/mol. The average molecular weight is 571 g/mol. The van der Waals surface area contributed by atoms with E-state index in [1.807, 2.05) is 66.7 Å². The number of halogens is 2. The van der Waals surface area contributed by atoms with Gasteiger partial charge in [-0.25, -0.2) is 9.59 Å². The zero-order valence-electron chi connectivity index (χ0n) is 17.9. The van der Waals surface area contributed by atoms with Crippen LogP contribution in [0.25, 0.3) is 11.1 Å². The highest BCUT2D eigenvalue weighted by atomic mass is 79.9. The minimum absolute atomic E-state index is 0.0200. The Hall–Kier alpha value is -2.90. The third-order valence-corrected chi connectivity index (χ3v) is 6.38. The fourth-order valence-corrected chi connectivity index (χ4v) is 4.71. The van der Waals surface area contributed by atoms with Crippen LogP contribution in [-0.2, 0) is 19.9 Å². The van der Waals surface area contributed by atoms with Crippen molar-refractivity contribution in [3.05, 3.63) is 105 Å². The monoisotopic (exact) mass is 569 g/mol. The van der Waals surface area contributed by atoms with E-state index < -0.39 is 17.7 Å². The standard InChI is InChI=1S/C26H21Br2NO4/c1-16(2)24(30)32-13-12-29-25(31)33-26(17-6-4-3-5-7-17)22-10-8-18(27)14-20(22)21-15-19(28)9-11-23(21)26/h3-11,14-15H,1,12-13H2,2H3,(H,29,31). The molecule has 33 heavy (non-hydrogen) atoms. The van der Waals surface area contributed by atoms with Crippen LogP contribution >= 0.6 is 31.9 Å². The number of carbonyl (C=O) groups excluding carboxylic acids is 2. The van der Waals surface area contributed by atoms with Crippen molar-refractivity contribution in [2.24, 2.45) is 0 Å². The smallest absolute Gasteiger partial charge is 0.408 e. The first-order valence-corrected chi connectivity index (χ1v) is 11.9. The summed E-state index contributed by atoms with van der Waals surface area (Å²) < 4.78 is 13.1. The molecule has 1 N–H and O–H groups in total. The maximum atomic E-state index is 13.0. The van der Waals surface area contributed by atoms with Crippen molar-refractivity contribution in [3.63, 3.8) is 0 Å². The molecule has 0 unspecified atom stereocenters. The lowest BCUT2D eigenvalue weighted by atomic mass is 9.84. The van der Waals surface area contributed by atoms with E-state index in [1.54, 1.807) is 6.92 Å². The van der Waals surface area contributed by atoms with Crippen LogP contribution in [-0.4, -0.2) is 25.2 Å². The predicted octanol–water partition coefficient (Wildman–Crippen LogP) is 6.33. The maximum Gasteiger partial charge on any atom is 0.408 e. The van der Waals surface area contributed by atoms with Crippen LogP contribution in [0, 0.1) is 0 Å². The van der Waals surface area contributed by atoms with Crippen molar-refractivity contribution < 1.29 is 19.1 Å². The summed E-state index contributed by atoms with van der Waals surface area (Å²) in [5, 5.41) is 2.70. The normalized spacial score (nSPS) is 12.9. The summed E-state index contributed by atoms with van der Waals surface area (Å²) in [7, 11) is 0. The SMILES string of the molecule is C=C(C)C(=O)OCCNC(=O)OC1(c2ccccc2)c2ccc(Br)cc2-c2cc(Br)ccc21. The van der Waals surface area contributed by atoms with Gasteiger partial charge in [0.25, 0.3) is 0 Å². The van der Waals surface area contributed by atoms with E-state index in [-0.39, 0.29) is 13.2 Å². The minimum atomic E-state index is -1.13. The molecule has 0 aliphatic heterocycles. The van der Waals surface area contributed by atoms with Gasteiger partial charge in [0.05, 0.1) is 6.54 Å². The van der Waals surface area contributed by atoms with Gasteiger partial charge in [-0.2, -0.15) is 0 Å². The van der Waals surface area contributed by atoms with Gasteiger partial charge in [-0.3, -0.25) is 0 Å². The van der Waals surface area contributed by atoms with E-state index in [9.17, 15) is 9.59 Å². The second-order valence-corrected chi connectivity index (χ2v) is 9.49. The number of carbonyl (C=O) groups is 2. The first-order chi connectivity index (χ1) is 15.8. The maximum absolute atomic E-state index is 13.0. The molecule has 0 radical (unpaired) electrons. The van der Waals surface area contributed by atoms with E-state index in [0.717, 1.165) is 36.8 Å². The number of benzene rings is 3. The lowest BCUT2D eigenvalue weighted by Crippen LogP contribution is -2.39. The Morgan fingerprint density at radius 2 is 1.52 bits per heavy atom. The van der Waals surface area contributed by atoms with E-state index >= 15 is 0 Å². The van der Waals surface area contributed by atoms with Crippen LogP contribution in [0.2, 0.25) is 0 Å². The summed E-state index contributed by atoms with van der Waals surface area (Å²) in [5.74, 6) is -0.499. The molecule has 1 aliphatic carbocycles. The van der Waals surface area contributed by atoms with E-state index in [0.29, 0.717) is 5.57 Å². The Bertz CT molecular complexity index is 1190. The zero-order chi connectivity index (χ0) is 23.6. The first-order valence-electron chi connectivity index (χ1n) is 10.3. The molecule has 0 fully saturated rings. The quantitative estimate of drug-likeness (QED) is 0.214. The highest BCUT2D eigenvalue weighted by Gasteiger charge is 2.48. The fourth-order valence-electron chi connectivity index (χ4n) is 3.99. The van der Waals surface area contributed by atoms with Crippen LogP contribution < -0.4 is 5.32 Å². The molecule has 0 spiro atoms. The molecule has 5 nitrogen and oxygen atoms in total. The van der Waals surface area contributed by atoms with Gasteiger partial charge in [0.15, 0.2) is 5.60 Å². The number of nitrogens with one attached hydrogen (secondary N) is 1. The molecule has 0 bridgehead atoms. The molecule has 0 saturated heterocycles. The summed E-state index contributed by atoms with van der Waals surface area (Å²) in [6, 6.07) is 21.6. The molecule has 1 aliphatic rings. The van der Waals surface area contributed by atoms with Crippen LogP contribution in [0.3, 0.4) is 0 Å². The molecule has 3 aromatic rings. The highest BCUT2D eigenvalue weighted by molar-refractivity contribution is 9.10. The van der Waals surface area contributed by atoms with Gasteiger partial charge in [0.1, 0.15) is 6.61 Å². The summed E-state index contributed by atoms with van der Waals surface area (Å²) in [6.07, 6.45) is -0.616. The van der Waals surface area contributed by atoms with E-state index in [2.05, 4.69) is 43.8 Å². The van der Waals surface area contributed by atoms with Gasteiger partial charge in [-0.05, 0) is 42.3 Å². The van der Waals surface area contributed by atoms with Crippen LogP contribution in [0.5, 0.6) is 0 Å². The van der Waals surface area contributed by atoms with Crippen molar-refractivity contribution in [1.82, 2.24) is 5.32 Å². The number of fused-ring (bicyclic) bond motifs is 3. The van der Waals surface area contributed by atoms with Crippen molar-refractivity contribution in [3.8, 4) is 11.1 Å².